The normalized spacial score (nSPS) is 17.4. The summed E-state index contributed by atoms with van der Waals surface area (Å²) in [4.78, 5) is 25.5. The number of hydrogen-bond donors (Lipinski definition) is 1. The number of carbonyl (C=O) groups is 2. The van der Waals surface area contributed by atoms with Gasteiger partial charge in [-0.25, -0.2) is 4.79 Å². The highest BCUT2D eigenvalue weighted by molar-refractivity contribution is 5.88. The first-order valence-corrected chi connectivity index (χ1v) is 6.89. The smallest absolute Gasteiger partial charge is 0.334 e. The molecule has 0 spiro atoms. The lowest BCUT2D eigenvalue weighted by atomic mass is 9.85. The topological polar surface area (TPSA) is 57.6 Å². The number of carboxylic acid groups (broad SMARTS) is 1. The summed E-state index contributed by atoms with van der Waals surface area (Å²) in [6.07, 6.45) is 1.76. The summed E-state index contributed by atoms with van der Waals surface area (Å²) >= 11 is 0. The molecule has 1 N–H and O–H groups in total. The maximum Gasteiger partial charge on any atom is 0.334 e. The Morgan fingerprint density at radius 3 is 2.30 bits per heavy atom. The fourth-order valence-electron chi connectivity index (χ4n) is 2.98. The van der Waals surface area contributed by atoms with Crippen molar-refractivity contribution in [3.8, 4) is 0 Å². The highest BCUT2D eigenvalue weighted by Crippen LogP contribution is 2.40. The summed E-state index contributed by atoms with van der Waals surface area (Å²) in [6, 6.07) is 5.74. The molecule has 1 fully saturated rings. The maximum absolute atomic E-state index is 12.0. The number of aryl methyl sites for hydroxylation is 2. The van der Waals surface area contributed by atoms with Crippen LogP contribution in [0.1, 0.15) is 43.4 Å². The van der Waals surface area contributed by atoms with Crippen molar-refractivity contribution in [2.75, 3.05) is 0 Å². The second kappa shape index (κ2) is 4.93. The van der Waals surface area contributed by atoms with Gasteiger partial charge in [-0.15, -0.1) is 0 Å². The summed E-state index contributed by atoms with van der Waals surface area (Å²) in [7, 11) is 0. The van der Waals surface area contributed by atoms with Crippen molar-refractivity contribution in [2.45, 2.75) is 52.1 Å². The maximum atomic E-state index is 12.0. The van der Waals surface area contributed by atoms with Gasteiger partial charge in [-0.1, -0.05) is 23.8 Å². The van der Waals surface area contributed by atoms with Gasteiger partial charge in [0.25, 0.3) is 0 Å². The molecule has 4 nitrogen and oxygen atoms in total. The second-order valence-electron chi connectivity index (χ2n) is 5.82. The van der Waals surface area contributed by atoms with Crippen molar-refractivity contribution in [3.63, 3.8) is 0 Å². The largest absolute Gasteiger partial charge is 0.479 e. The van der Waals surface area contributed by atoms with E-state index in [2.05, 4.69) is 0 Å². The zero-order chi connectivity index (χ0) is 15.1. The van der Waals surface area contributed by atoms with E-state index in [1.165, 1.54) is 11.8 Å². The third-order valence-electron chi connectivity index (χ3n) is 4.06. The summed E-state index contributed by atoms with van der Waals surface area (Å²) in [6.45, 7) is 6.95. The van der Waals surface area contributed by atoms with Crippen LogP contribution in [0.4, 0.5) is 0 Å². The Morgan fingerprint density at radius 2 is 1.90 bits per heavy atom. The first-order chi connectivity index (χ1) is 9.28. The van der Waals surface area contributed by atoms with Crippen LogP contribution in [0, 0.1) is 13.8 Å². The van der Waals surface area contributed by atoms with Crippen molar-refractivity contribution >= 4 is 11.9 Å². The van der Waals surface area contributed by atoms with Crippen LogP contribution >= 0.6 is 0 Å². The van der Waals surface area contributed by atoms with Crippen LogP contribution in [0.3, 0.4) is 0 Å². The first-order valence-electron chi connectivity index (χ1n) is 6.89. The van der Waals surface area contributed by atoms with Crippen molar-refractivity contribution in [1.82, 2.24) is 4.90 Å². The number of nitrogens with zero attached hydrogens (tertiary/aromatic N) is 1. The number of rotatable bonds is 4. The van der Waals surface area contributed by atoms with Crippen LogP contribution < -0.4 is 0 Å². The molecule has 1 saturated carbocycles. The quantitative estimate of drug-likeness (QED) is 0.919. The average Bonchev–Trinajstić information content (AvgIpc) is 3.12. The lowest BCUT2D eigenvalue weighted by Crippen LogP contribution is -2.53. The van der Waals surface area contributed by atoms with Crippen molar-refractivity contribution < 1.29 is 14.7 Å². The monoisotopic (exact) mass is 275 g/mol. The van der Waals surface area contributed by atoms with E-state index in [4.69, 9.17) is 0 Å². The SMILES string of the molecule is CC(=O)N(C1CC1)C(C)(C(=O)O)c1ccc(C)cc1C. The molecule has 0 aromatic heterocycles. The van der Waals surface area contributed by atoms with Crippen molar-refractivity contribution in [1.29, 1.82) is 0 Å². The molecule has 1 aromatic carbocycles. The van der Waals surface area contributed by atoms with E-state index in [0.29, 0.717) is 5.56 Å². The van der Waals surface area contributed by atoms with Gasteiger partial charge in [0.2, 0.25) is 5.91 Å². The summed E-state index contributed by atoms with van der Waals surface area (Å²) < 4.78 is 0. The Bertz CT molecular complexity index is 563. The average molecular weight is 275 g/mol. The third kappa shape index (κ3) is 2.30. The molecule has 20 heavy (non-hydrogen) atoms. The van der Waals surface area contributed by atoms with Gasteiger partial charge in [0.15, 0.2) is 5.54 Å². The Balaban J connectivity index is 2.58. The van der Waals surface area contributed by atoms with E-state index in [1.54, 1.807) is 6.92 Å². The summed E-state index contributed by atoms with van der Waals surface area (Å²) in [5.41, 5.74) is 1.38. The molecule has 0 saturated heterocycles. The second-order valence-corrected chi connectivity index (χ2v) is 5.82. The van der Waals surface area contributed by atoms with E-state index in [1.807, 2.05) is 32.0 Å². The minimum Gasteiger partial charge on any atom is -0.479 e. The predicted molar refractivity (Wildman–Crippen MR) is 76.4 cm³/mol. The fourth-order valence-corrected chi connectivity index (χ4v) is 2.98. The van der Waals surface area contributed by atoms with Gasteiger partial charge in [-0.2, -0.15) is 0 Å². The molecule has 0 aliphatic heterocycles. The Kier molecular flexibility index (Phi) is 3.59. The minimum absolute atomic E-state index is 0.0503. The van der Waals surface area contributed by atoms with E-state index in [-0.39, 0.29) is 11.9 Å². The number of amides is 1. The van der Waals surface area contributed by atoms with Gasteiger partial charge < -0.3 is 10.0 Å². The highest BCUT2D eigenvalue weighted by Gasteiger charge is 2.49. The lowest BCUT2D eigenvalue weighted by molar-refractivity contribution is -0.159. The lowest BCUT2D eigenvalue weighted by Gasteiger charge is -2.39. The molecule has 0 bridgehead atoms. The van der Waals surface area contributed by atoms with Gasteiger partial charge in [0.1, 0.15) is 0 Å². The first kappa shape index (κ1) is 14.6. The summed E-state index contributed by atoms with van der Waals surface area (Å²) in [5.74, 6) is -1.16. The van der Waals surface area contributed by atoms with E-state index in [9.17, 15) is 14.7 Å². The summed E-state index contributed by atoms with van der Waals surface area (Å²) in [5, 5.41) is 9.78. The molecule has 2 rings (SSSR count). The van der Waals surface area contributed by atoms with Gasteiger partial charge in [0.05, 0.1) is 0 Å². The van der Waals surface area contributed by atoms with Crippen LogP contribution in [0.2, 0.25) is 0 Å². The zero-order valence-electron chi connectivity index (χ0n) is 12.4. The molecular weight excluding hydrogens is 254 g/mol. The van der Waals surface area contributed by atoms with E-state index < -0.39 is 11.5 Å². The molecule has 1 aromatic rings. The molecule has 4 heteroatoms. The number of aliphatic carboxylic acids is 1. The van der Waals surface area contributed by atoms with Crippen molar-refractivity contribution in [2.24, 2.45) is 0 Å². The fraction of sp³-hybridized carbons (Fsp3) is 0.500. The zero-order valence-corrected chi connectivity index (χ0v) is 12.4. The van der Waals surface area contributed by atoms with Crippen LogP contribution in [-0.2, 0) is 15.1 Å². The highest BCUT2D eigenvalue weighted by atomic mass is 16.4. The van der Waals surface area contributed by atoms with Gasteiger partial charge in [-0.05, 0) is 44.7 Å². The molecule has 1 amide bonds. The van der Waals surface area contributed by atoms with E-state index >= 15 is 0 Å². The van der Waals surface area contributed by atoms with Crippen LogP contribution in [0.15, 0.2) is 18.2 Å². The van der Waals surface area contributed by atoms with Gasteiger partial charge >= 0.3 is 5.97 Å². The van der Waals surface area contributed by atoms with Gasteiger partial charge in [0, 0.05) is 13.0 Å². The molecule has 1 aliphatic carbocycles. The molecule has 0 radical (unpaired) electrons. The standard InChI is InChI=1S/C16H21NO3/c1-10-5-8-14(11(2)9-10)16(4,15(19)20)17(12(3)18)13-6-7-13/h5,8-9,13H,6-7H2,1-4H3,(H,19,20). The third-order valence-corrected chi connectivity index (χ3v) is 4.06. The van der Waals surface area contributed by atoms with Gasteiger partial charge in [-0.3, -0.25) is 4.79 Å². The number of hydrogen-bond acceptors (Lipinski definition) is 2. The number of carbonyl (C=O) groups excluding carboxylic acids is 1. The Labute approximate surface area is 119 Å². The number of benzene rings is 1. The van der Waals surface area contributed by atoms with E-state index in [0.717, 1.165) is 24.0 Å². The van der Waals surface area contributed by atoms with Crippen LogP contribution in [0.5, 0.6) is 0 Å². The molecule has 0 heterocycles. The molecule has 108 valence electrons. The Hall–Kier alpha value is -1.84. The molecule has 1 atom stereocenters. The Morgan fingerprint density at radius 1 is 1.30 bits per heavy atom. The molecular formula is C16H21NO3. The van der Waals surface area contributed by atoms with Crippen molar-refractivity contribution in [3.05, 3.63) is 34.9 Å². The molecule has 1 aliphatic rings. The van der Waals surface area contributed by atoms with Crippen LogP contribution in [-0.4, -0.2) is 27.9 Å². The number of carboxylic acids is 1. The van der Waals surface area contributed by atoms with Crippen LogP contribution in [0.25, 0.3) is 0 Å². The predicted octanol–water partition coefficient (Wildman–Crippen LogP) is 2.61. The minimum atomic E-state index is -1.30. The molecule has 1 unspecified atom stereocenters.